The van der Waals surface area contributed by atoms with Crippen LogP contribution in [0, 0.1) is 17.2 Å². The molecule has 0 radical (unpaired) electrons. The van der Waals surface area contributed by atoms with E-state index in [2.05, 4.69) is 40.5 Å². The van der Waals surface area contributed by atoms with Crippen molar-refractivity contribution in [1.82, 2.24) is 39.0 Å². The number of aliphatic hydroxyl groups is 1. The number of benzene rings is 1. The highest BCUT2D eigenvalue weighted by molar-refractivity contribution is 8.07. The summed E-state index contributed by atoms with van der Waals surface area (Å²) in [5.41, 5.74) is 0.432. The summed E-state index contributed by atoms with van der Waals surface area (Å²) in [5, 5.41) is 25.6. The Kier molecular flexibility index (Phi) is 13.4. The van der Waals surface area contributed by atoms with Gasteiger partial charge in [0.15, 0.2) is 52.9 Å². The third-order valence-corrected chi connectivity index (χ3v) is 11.9. The molecule has 1 aromatic carbocycles. The van der Waals surface area contributed by atoms with Gasteiger partial charge in [0.2, 0.25) is 5.95 Å². The summed E-state index contributed by atoms with van der Waals surface area (Å²) >= 11 is 5.64. The van der Waals surface area contributed by atoms with Crippen molar-refractivity contribution in [3.63, 3.8) is 0 Å². The minimum Gasteiger partial charge on any atom is -0.394 e. The summed E-state index contributed by atoms with van der Waals surface area (Å²) in [4.78, 5) is 46.5. The lowest BCUT2D eigenvalue weighted by Crippen LogP contribution is -2.34. The zero-order valence-corrected chi connectivity index (χ0v) is 33.9. The van der Waals surface area contributed by atoms with E-state index >= 15 is 8.78 Å². The smallest absolute Gasteiger partial charge is 0.327 e. The van der Waals surface area contributed by atoms with Gasteiger partial charge < -0.3 is 39.2 Å². The fourth-order valence-corrected chi connectivity index (χ4v) is 8.96. The molecule has 2 unspecified atom stereocenters. The fourth-order valence-electron chi connectivity index (χ4n) is 6.39. The van der Waals surface area contributed by atoms with Gasteiger partial charge in [0, 0.05) is 12.2 Å². The Morgan fingerprint density at radius 1 is 1.03 bits per heavy atom. The van der Waals surface area contributed by atoms with Crippen molar-refractivity contribution < 1.29 is 50.9 Å². The molecule has 2 aliphatic rings. The van der Waals surface area contributed by atoms with Crippen LogP contribution in [0.1, 0.15) is 32.7 Å². The van der Waals surface area contributed by atoms with Gasteiger partial charge in [-0.25, -0.2) is 28.7 Å². The minimum absolute atomic E-state index is 0.0427. The van der Waals surface area contributed by atoms with Crippen LogP contribution >= 0.6 is 15.0 Å². The normalized spacial score (nSPS) is 26.0. The number of aromatic nitrogens is 8. The van der Waals surface area contributed by atoms with Crippen LogP contribution in [0.15, 0.2) is 54.1 Å². The topological polar surface area (TPSA) is 268 Å². The van der Waals surface area contributed by atoms with Gasteiger partial charge in [-0.1, -0.05) is 32.0 Å². The lowest BCUT2D eigenvalue weighted by Gasteiger charge is -2.28. The third kappa shape index (κ3) is 9.35. The molecule has 2 aliphatic heterocycles. The number of H-pyrrole nitrogens is 1. The molecule has 4 aromatic heterocycles. The maximum atomic E-state index is 16.5. The van der Waals surface area contributed by atoms with Crippen LogP contribution in [0.3, 0.4) is 0 Å². The van der Waals surface area contributed by atoms with Gasteiger partial charge in [-0.2, -0.15) is 10.2 Å². The largest absolute Gasteiger partial charge is 0.394 e. The molecular formula is C33H39F2N11O10P2S. The molecule has 26 heteroatoms. The molecule has 0 aliphatic carbocycles. The van der Waals surface area contributed by atoms with Crippen LogP contribution < -0.4 is 16.2 Å². The molecule has 21 nitrogen and oxygen atoms in total. The minimum atomic E-state index is -4.15. The lowest BCUT2D eigenvalue weighted by atomic mass is 10.1. The van der Waals surface area contributed by atoms with E-state index in [9.17, 15) is 24.6 Å². The van der Waals surface area contributed by atoms with E-state index in [1.807, 2.05) is 50.2 Å². The van der Waals surface area contributed by atoms with Gasteiger partial charge in [0.1, 0.15) is 30.7 Å². The Morgan fingerprint density at radius 2 is 1.76 bits per heavy atom. The van der Waals surface area contributed by atoms with Crippen molar-refractivity contribution >= 4 is 66.6 Å². The Morgan fingerprint density at radius 3 is 2.47 bits per heavy atom. The molecule has 10 atom stereocenters. The molecule has 6 heterocycles. The first-order valence-electron chi connectivity index (χ1n) is 18.1. The van der Waals surface area contributed by atoms with Crippen molar-refractivity contribution in [3.8, 4) is 6.07 Å². The van der Waals surface area contributed by atoms with E-state index in [4.69, 9.17) is 39.4 Å². The Bertz CT molecular complexity index is 2420. The van der Waals surface area contributed by atoms with Crippen molar-refractivity contribution in [2.45, 2.75) is 69.5 Å². The van der Waals surface area contributed by atoms with Crippen molar-refractivity contribution in [1.29, 1.82) is 5.26 Å². The van der Waals surface area contributed by atoms with Crippen molar-refractivity contribution in [2.75, 3.05) is 37.0 Å². The third-order valence-electron chi connectivity index (χ3n) is 9.11. The van der Waals surface area contributed by atoms with Gasteiger partial charge in [-0.3, -0.25) is 32.5 Å². The number of hydrogen-bond donors (Lipinski definition) is 5. The summed E-state index contributed by atoms with van der Waals surface area (Å²) < 4.78 is 81.6. The summed E-state index contributed by atoms with van der Waals surface area (Å²) in [5.74, 6) is 0.625. The average molecular weight is 882 g/mol. The zero-order valence-electron chi connectivity index (χ0n) is 31.2. The number of aliphatic hydroxyl groups excluding tert-OH is 1. The second-order valence-corrected chi connectivity index (χ2v) is 17.4. The molecule has 2 fully saturated rings. The molecule has 316 valence electrons. The van der Waals surface area contributed by atoms with Gasteiger partial charge in [-0.05, 0) is 29.9 Å². The highest BCUT2D eigenvalue weighted by atomic mass is 32.5. The van der Waals surface area contributed by atoms with Crippen LogP contribution in [-0.4, -0.2) is 112 Å². The number of alkyl halides is 2. The van der Waals surface area contributed by atoms with Gasteiger partial charge in [-0.15, -0.1) is 0 Å². The van der Waals surface area contributed by atoms with E-state index in [1.165, 1.54) is 21.8 Å². The summed E-state index contributed by atoms with van der Waals surface area (Å²) in [6, 6.07) is 11.0. The first-order valence-corrected chi connectivity index (χ1v) is 22.0. The molecule has 5 aromatic rings. The molecule has 0 bridgehead atoms. The molecule has 59 heavy (non-hydrogen) atoms. The highest BCUT2D eigenvalue weighted by Crippen LogP contribution is 2.55. The average Bonchev–Trinajstić information content (AvgIpc) is 3.98. The predicted molar refractivity (Wildman–Crippen MR) is 209 cm³/mol. The van der Waals surface area contributed by atoms with Crippen molar-refractivity contribution in [3.05, 3.63) is 59.7 Å². The number of anilines is 3. The van der Waals surface area contributed by atoms with Crippen LogP contribution in [0.2, 0.25) is 0 Å². The first kappa shape index (κ1) is 42.7. The number of para-hydroxylation sites is 1. The van der Waals surface area contributed by atoms with Gasteiger partial charge in [0.25, 0.3) is 5.56 Å². The number of nitrogens with one attached hydrogen (secondary N) is 3. The standard InChI is InChI=1S/C33H39F2N11O10P2S/c1-17(2)11-37-33-43-29-24(30(48)44-33)41-16-46(29)32-26(55-57(49)50)21(34)20(54-32)13-52-58(59,51-10-6-9-36)56-25-19(12-47)53-31(22(25)35)45-15-40-23-27(38-14-39-28(23)45)42-18-7-4-3-5-8-18/h3-5,7-8,14-17,19-22,25-26,31-32,47,57H,6,10-13H2,1-2H3,(H,49,50)(H,38,39,42)(H2,37,43,44,48)/t19-,20-,21-,22+,25-,26-,31-,32-,58?/m1/s1. The molecule has 0 spiro atoms. The van der Waals surface area contributed by atoms with E-state index in [-0.39, 0.29) is 41.7 Å². The number of rotatable bonds is 18. The number of hydrogen-bond acceptors (Lipinski definition) is 18. The van der Waals surface area contributed by atoms with Crippen LogP contribution in [0.5, 0.6) is 0 Å². The molecule has 2 saturated heterocycles. The number of ether oxygens (including phenoxy) is 2. The Labute approximate surface area is 339 Å². The maximum absolute atomic E-state index is 16.5. The lowest BCUT2D eigenvalue weighted by molar-refractivity contribution is -0.0528. The number of imidazole rings is 2. The van der Waals surface area contributed by atoms with E-state index in [0.717, 1.165) is 12.0 Å². The molecule has 0 saturated carbocycles. The van der Waals surface area contributed by atoms with Crippen LogP contribution in [0.4, 0.5) is 26.2 Å². The van der Waals surface area contributed by atoms with Crippen LogP contribution in [0.25, 0.3) is 22.3 Å². The number of fused-ring (bicyclic) bond motifs is 2. The second-order valence-electron chi connectivity index (χ2n) is 13.7. The highest BCUT2D eigenvalue weighted by Gasteiger charge is 2.52. The number of nitrogens with zero attached hydrogens (tertiary/aromatic N) is 8. The number of aromatic amines is 1. The van der Waals surface area contributed by atoms with Gasteiger partial charge >= 0.3 is 15.0 Å². The molecule has 7 rings (SSSR count). The zero-order chi connectivity index (χ0) is 41.8. The molecule has 5 N–H and O–H groups in total. The number of halogens is 2. The number of nitriles is 1. The van der Waals surface area contributed by atoms with Crippen molar-refractivity contribution in [2.24, 2.45) is 5.92 Å². The fraction of sp³-hybridized carbons (Fsp3) is 0.485. The SMILES string of the molecule is CC(C)CNc1nc2c(ncn2[C@@H]2O[C@H](COP(=S)(OCCC#N)O[C@H]3[C@H](F)[C@H](n4cnc5c(Nc6ccccc6)ncnc54)O[C@@H]3CO)[C@@H](F)[C@H]2O[PH](=O)O)c(=O)[nH]1. The monoisotopic (exact) mass is 881 g/mol. The predicted octanol–water partition coefficient (Wildman–Crippen LogP) is 3.56. The van der Waals surface area contributed by atoms with Gasteiger partial charge in [0.05, 0.1) is 45.0 Å². The molecular weight excluding hydrogens is 842 g/mol. The van der Waals surface area contributed by atoms with E-state index < -0.39 is 83.0 Å². The van der Waals surface area contributed by atoms with Crippen LogP contribution in [-0.2, 0) is 43.9 Å². The quantitative estimate of drug-likeness (QED) is 0.0622. The second kappa shape index (κ2) is 18.5. The summed E-state index contributed by atoms with van der Waals surface area (Å²) in [6.07, 6.45) is -9.86. The summed E-state index contributed by atoms with van der Waals surface area (Å²) in [6.45, 7) is -1.59. The van der Waals surface area contributed by atoms with E-state index in [1.54, 1.807) is 0 Å². The summed E-state index contributed by atoms with van der Waals surface area (Å²) in [7, 11) is -3.76. The Hall–Kier alpha value is -4.37. The first-order chi connectivity index (χ1) is 28.4. The molecule has 0 amide bonds. The van der Waals surface area contributed by atoms with E-state index in [0.29, 0.717) is 17.9 Å². The maximum Gasteiger partial charge on any atom is 0.327 e. The Balaban J connectivity index is 1.11.